The Bertz CT molecular complexity index is 599. The number of aromatic nitrogens is 1. The van der Waals surface area contributed by atoms with Crippen molar-refractivity contribution < 1.29 is 14.5 Å². The largest absolute Gasteiger partial charge is 0.444 e. The summed E-state index contributed by atoms with van der Waals surface area (Å²) in [5.74, 6) is 0. The number of amides is 1. The number of ether oxygens (including phenoxy) is 1. The molecule has 1 aliphatic heterocycles. The van der Waals surface area contributed by atoms with E-state index in [1.807, 2.05) is 25.7 Å². The Hall–Kier alpha value is -2.38. The van der Waals surface area contributed by atoms with Gasteiger partial charge in [-0.3, -0.25) is 20.0 Å². The molecule has 1 unspecified atom stereocenters. The van der Waals surface area contributed by atoms with Crippen LogP contribution in [0.1, 0.15) is 33.6 Å². The van der Waals surface area contributed by atoms with E-state index >= 15 is 0 Å². The van der Waals surface area contributed by atoms with Crippen LogP contribution in [-0.4, -0.2) is 46.3 Å². The highest BCUT2D eigenvalue weighted by Gasteiger charge is 2.33. The molecule has 1 fully saturated rings. The summed E-state index contributed by atoms with van der Waals surface area (Å²) in [6, 6.07) is 1.48. The van der Waals surface area contributed by atoms with E-state index in [0.717, 1.165) is 12.8 Å². The minimum atomic E-state index is -0.568. The normalized spacial score (nSPS) is 17.9. The Kier molecular flexibility index (Phi) is 4.72. The Labute approximate surface area is 135 Å². The lowest BCUT2D eigenvalue weighted by atomic mass is 10.2. The third-order valence-electron chi connectivity index (χ3n) is 3.60. The van der Waals surface area contributed by atoms with Crippen LogP contribution >= 0.6 is 0 Å². The molecular formula is C15H22N4O4. The zero-order chi connectivity index (χ0) is 17.2. The Balaban J connectivity index is 2.18. The molecule has 0 spiro atoms. The average molecular weight is 322 g/mol. The van der Waals surface area contributed by atoms with Crippen molar-refractivity contribution in [3.05, 3.63) is 28.6 Å². The fourth-order valence-electron chi connectivity index (χ4n) is 2.58. The number of nitrogens with zero attached hydrogens (tertiary/aromatic N) is 4. The molecule has 1 aromatic rings. The highest BCUT2D eigenvalue weighted by atomic mass is 16.6. The van der Waals surface area contributed by atoms with Crippen LogP contribution in [0.3, 0.4) is 0 Å². The number of nitro groups is 1. The number of rotatable bonds is 3. The lowest BCUT2D eigenvalue weighted by molar-refractivity contribution is -0.385. The topological polar surface area (TPSA) is 88.8 Å². The summed E-state index contributed by atoms with van der Waals surface area (Å²) in [6.45, 7) is 6.15. The SMILES string of the molecule is CN(C(=O)OC(C)(C)C)C1CCCN1c1cncc([N+](=O)[O-])c1. The van der Waals surface area contributed by atoms with Crippen molar-refractivity contribution in [2.75, 3.05) is 18.5 Å². The first-order chi connectivity index (χ1) is 10.7. The molecule has 1 aliphatic rings. The van der Waals surface area contributed by atoms with Crippen LogP contribution in [0.2, 0.25) is 0 Å². The van der Waals surface area contributed by atoms with Crippen LogP contribution in [-0.2, 0) is 4.74 Å². The first-order valence-corrected chi connectivity index (χ1v) is 7.51. The monoisotopic (exact) mass is 322 g/mol. The molecule has 1 atom stereocenters. The van der Waals surface area contributed by atoms with Gasteiger partial charge < -0.3 is 9.64 Å². The van der Waals surface area contributed by atoms with Crippen molar-refractivity contribution in [2.24, 2.45) is 0 Å². The molecule has 126 valence electrons. The molecule has 2 rings (SSSR count). The maximum atomic E-state index is 12.3. The molecule has 0 radical (unpaired) electrons. The molecule has 23 heavy (non-hydrogen) atoms. The summed E-state index contributed by atoms with van der Waals surface area (Å²) in [5, 5.41) is 10.9. The Morgan fingerprint density at radius 1 is 1.48 bits per heavy atom. The predicted octanol–water partition coefficient (Wildman–Crippen LogP) is 2.78. The average Bonchev–Trinajstić information content (AvgIpc) is 2.94. The first kappa shape index (κ1) is 17.0. The van der Waals surface area contributed by atoms with Gasteiger partial charge in [0.1, 0.15) is 18.0 Å². The quantitative estimate of drug-likeness (QED) is 0.628. The van der Waals surface area contributed by atoms with Crippen molar-refractivity contribution in [3.63, 3.8) is 0 Å². The van der Waals surface area contributed by atoms with Crippen LogP contribution in [0.4, 0.5) is 16.2 Å². The maximum absolute atomic E-state index is 12.3. The summed E-state index contributed by atoms with van der Waals surface area (Å²) < 4.78 is 5.39. The van der Waals surface area contributed by atoms with Crippen molar-refractivity contribution in [1.82, 2.24) is 9.88 Å². The molecule has 0 aromatic carbocycles. The predicted molar refractivity (Wildman–Crippen MR) is 85.3 cm³/mol. The van der Waals surface area contributed by atoms with Gasteiger partial charge >= 0.3 is 6.09 Å². The lowest BCUT2D eigenvalue weighted by Crippen LogP contribution is -2.47. The van der Waals surface area contributed by atoms with Gasteiger partial charge in [-0.05, 0) is 33.6 Å². The van der Waals surface area contributed by atoms with Crippen molar-refractivity contribution in [3.8, 4) is 0 Å². The molecule has 1 aromatic heterocycles. The van der Waals surface area contributed by atoms with Gasteiger partial charge in [-0.15, -0.1) is 0 Å². The van der Waals surface area contributed by atoms with Gasteiger partial charge in [0.2, 0.25) is 0 Å². The summed E-state index contributed by atoms with van der Waals surface area (Å²) >= 11 is 0. The molecule has 0 saturated carbocycles. The van der Waals surface area contributed by atoms with Crippen LogP contribution in [0.25, 0.3) is 0 Å². The molecule has 8 heteroatoms. The highest BCUT2D eigenvalue weighted by molar-refractivity contribution is 5.69. The van der Waals surface area contributed by atoms with E-state index in [2.05, 4.69) is 4.98 Å². The summed E-state index contributed by atoms with van der Waals surface area (Å²) in [5.41, 5.74) is 0.00665. The van der Waals surface area contributed by atoms with Gasteiger partial charge in [-0.2, -0.15) is 0 Å². The summed E-state index contributed by atoms with van der Waals surface area (Å²) in [4.78, 5) is 30.1. The van der Waals surface area contributed by atoms with Gasteiger partial charge in [0.15, 0.2) is 0 Å². The molecule has 0 bridgehead atoms. The zero-order valence-corrected chi connectivity index (χ0v) is 13.9. The van der Waals surface area contributed by atoms with Gasteiger partial charge in [0, 0.05) is 19.7 Å². The summed E-state index contributed by atoms with van der Waals surface area (Å²) in [6.07, 6.45) is 3.85. The number of hydrogen-bond donors (Lipinski definition) is 0. The smallest absolute Gasteiger partial charge is 0.411 e. The fourth-order valence-corrected chi connectivity index (χ4v) is 2.58. The molecule has 1 saturated heterocycles. The van der Waals surface area contributed by atoms with Gasteiger partial charge in [-0.25, -0.2) is 4.79 Å². The lowest BCUT2D eigenvalue weighted by Gasteiger charge is -2.34. The Morgan fingerprint density at radius 3 is 2.78 bits per heavy atom. The second-order valence-electron chi connectivity index (χ2n) is 6.57. The molecular weight excluding hydrogens is 300 g/mol. The highest BCUT2D eigenvalue weighted by Crippen LogP contribution is 2.29. The molecule has 8 nitrogen and oxygen atoms in total. The van der Waals surface area contributed by atoms with Crippen molar-refractivity contribution in [1.29, 1.82) is 0 Å². The maximum Gasteiger partial charge on any atom is 0.411 e. The van der Waals surface area contributed by atoms with Crippen LogP contribution < -0.4 is 4.90 Å². The van der Waals surface area contributed by atoms with Crippen LogP contribution in [0.5, 0.6) is 0 Å². The number of carbonyl (C=O) groups excluding carboxylic acids is 1. The summed E-state index contributed by atoms with van der Waals surface area (Å²) in [7, 11) is 1.68. The second-order valence-corrected chi connectivity index (χ2v) is 6.57. The van der Waals surface area contributed by atoms with E-state index in [1.54, 1.807) is 13.2 Å². The Morgan fingerprint density at radius 2 is 2.17 bits per heavy atom. The number of pyridine rings is 1. The van der Waals surface area contributed by atoms with E-state index in [-0.39, 0.29) is 11.9 Å². The fraction of sp³-hybridized carbons (Fsp3) is 0.600. The number of anilines is 1. The molecule has 0 N–H and O–H groups in total. The van der Waals surface area contributed by atoms with E-state index in [9.17, 15) is 14.9 Å². The van der Waals surface area contributed by atoms with Crippen LogP contribution in [0.15, 0.2) is 18.5 Å². The first-order valence-electron chi connectivity index (χ1n) is 7.51. The van der Waals surface area contributed by atoms with E-state index in [4.69, 9.17) is 4.74 Å². The molecule has 1 amide bonds. The van der Waals surface area contributed by atoms with E-state index in [1.165, 1.54) is 17.2 Å². The van der Waals surface area contributed by atoms with Gasteiger partial charge in [0.05, 0.1) is 16.8 Å². The minimum absolute atomic E-state index is 0.0620. The number of carbonyl (C=O) groups is 1. The zero-order valence-electron chi connectivity index (χ0n) is 13.9. The standard InChI is InChI=1S/C15H22N4O4/c1-15(2,3)23-14(20)17(4)13-6-5-7-18(13)11-8-12(19(21)22)10-16-9-11/h8-10,13H,5-7H2,1-4H3. The van der Waals surface area contributed by atoms with Crippen molar-refractivity contribution >= 4 is 17.5 Å². The minimum Gasteiger partial charge on any atom is -0.444 e. The third kappa shape index (κ3) is 4.08. The molecule has 2 heterocycles. The van der Waals surface area contributed by atoms with Crippen LogP contribution in [0, 0.1) is 10.1 Å². The second kappa shape index (κ2) is 6.39. The number of hydrogen-bond acceptors (Lipinski definition) is 6. The van der Waals surface area contributed by atoms with Gasteiger partial charge in [-0.1, -0.05) is 0 Å². The van der Waals surface area contributed by atoms with Crippen molar-refractivity contribution in [2.45, 2.75) is 45.4 Å². The van der Waals surface area contributed by atoms with E-state index < -0.39 is 16.6 Å². The molecule has 0 aliphatic carbocycles. The third-order valence-corrected chi connectivity index (χ3v) is 3.60. The van der Waals surface area contributed by atoms with E-state index in [0.29, 0.717) is 12.2 Å². The van der Waals surface area contributed by atoms with Gasteiger partial charge in [0.25, 0.3) is 5.69 Å².